The molecule has 0 unspecified atom stereocenters. The minimum atomic E-state index is -0.353. The van der Waals surface area contributed by atoms with Crippen molar-refractivity contribution in [2.45, 2.75) is 9.79 Å². The molecule has 0 spiro atoms. The molecule has 0 aliphatic rings. The third kappa shape index (κ3) is 2.53. The van der Waals surface area contributed by atoms with E-state index in [-0.39, 0.29) is 5.63 Å². The third-order valence-corrected chi connectivity index (χ3v) is 4.24. The molecule has 0 atom stereocenters. The van der Waals surface area contributed by atoms with Gasteiger partial charge < -0.3 is 4.42 Å². The first kappa shape index (κ1) is 12.3. The van der Waals surface area contributed by atoms with Gasteiger partial charge in [0.1, 0.15) is 5.58 Å². The molecule has 4 heteroatoms. The molecule has 0 amide bonds. The summed E-state index contributed by atoms with van der Waals surface area (Å²) in [6.45, 7) is 0. The number of rotatable bonds is 2. The highest BCUT2D eigenvalue weighted by Gasteiger charge is 2.08. The lowest BCUT2D eigenvalue weighted by Gasteiger charge is -2.06. The Hall–Kier alpha value is -1.71. The molecule has 0 N–H and O–H groups in total. The van der Waals surface area contributed by atoms with Crippen molar-refractivity contribution in [1.82, 2.24) is 0 Å². The summed E-state index contributed by atoms with van der Waals surface area (Å²) in [6.07, 6.45) is 0. The molecule has 2 aromatic carbocycles. The van der Waals surface area contributed by atoms with Gasteiger partial charge in [0.25, 0.3) is 0 Å². The van der Waals surface area contributed by atoms with Gasteiger partial charge in [0.2, 0.25) is 0 Å². The van der Waals surface area contributed by atoms with E-state index in [0.29, 0.717) is 10.6 Å². The summed E-state index contributed by atoms with van der Waals surface area (Å²) in [5, 5.41) is 1.58. The summed E-state index contributed by atoms with van der Waals surface area (Å²) < 4.78 is 5.17. The number of hydrogen-bond acceptors (Lipinski definition) is 3. The molecule has 3 rings (SSSR count). The number of hydrogen-bond donors (Lipinski definition) is 0. The fourth-order valence-corrected chi connectivity index (χ4v) is 3.05. The summed E-state index contributed by atoms with van der Waals surface area (Å²) in [5.74, 6) is 0. The van der Waals surface area contributed by atoms with Gasteiger partial charge in [-0.25, -0.2) is 4.79 Å². The van der Waals surface area contributed by atoms with Gasteiger partial charge in [-0.05, 0) is 18.2 Å². The summed E-state index contributed by atoms with van der Waals surface area (Å²) in [6, 6.07) is 16.5. The Morgan fingerprint density at radius 2 is 1.68 bits per heavy atom. The molecule has 0 radical (unpaired) electrons. The maximum Gasteiger partial charge on any atom is 0.337 e. The van der Waals surface area contributed by atoms with Crippen LogP contribution in [0, 0.1) is 0 Å². The second-order valence-corrected chi connectivity index (χ2v) is 5.45. The van der Waals surface area contributed by atoms with Gasteiger partial charge in [0, 0.05) is 21.2 Å². The molecule has 0 bridgehead atoms. The fourth-order valence-electron chi connectivity index (χ4n) is 1.81. The van der Waals surface area contributed by atoms with Gasteiger partial charge >= 0.3 is 5.63 Å². The van der Waals surface area contributed by atoms with E-state index in [2.05, 4.69) is 0 Å². The lowest BCUT2D eigenvalue weighted by atomic mass is 10.2. The van der Waals surface area contributed by atoms with Crippen LogP contribution >= 0.6 is 23.4 Å². The maximum absolute atomic E-state index is 11.6. The van der Waals surface area contributed by atoms with Crippen LogP contribution in [0.3, 0.4) is 0 Å². The highest BCUT2D eigenvalue weighted by Crippen LogP contribution is 2.36. The molecule has 0 fully saturated rings. The molecular weight excluding hydrogens is 280 g/mol. The van der Waals surface area contributed by atoms with E-state index in [1.54, 1.807) is 6.07 Å². The zero-order valence-electron chi connectivity index (χ0n) is 9.80. The molecular formula is C15H9ClO2S. The number of halogens is 1. The van der Waals surface area contributed by atoms with Crippen molar-refractivity contribution < 1.29 is 4.42 Å². The van der Waals surface area contributed by atoms with Crippen LogP contribution in [0.1, 0.15) is 0 Å². The average Bonchev–Trinajstić information content (AvgIpc) is 2.41. The second-order valence-electron chi connectivity index (χ2n) is 3.96. The highest BCUT2D eigenvalue weighted by atomic mass is 35.5. The van der Waals surface area contributed by atoms with Crippen molar-refractivity contribution in [3.05, 3.63) is 70.0 Å². The summed E-state index contributed by atoms with van der Waals surface area (Å²) in [4.78, 5) is 13.3. The lowest BCUT2D eigenvalue weighted by Crippen LogP contribution is -1.97. The predicted octanol–water partition coefficient (Wildman–Crippen LogP) is 4.60. The van der Waals surface area contributed by atoms with Gasteiger partial charge in [-0.15, -0.1) is 0 Å². The van der Waals surface area contributed by atoms with E-state index >= 15 is 0 Å². The van der Waals surface area contributed by atoms with E-state index in [1.807, 2.05) is 42.5 Å². The van der Waals surface area contributed by atoms with Crippen molar-refractivity contribution >= 4 is 34.3 Å². The van der Waals surface area contributed by atoms with Crippen molar-refractivity contribution in [2.24, 2.45) is 0 Å². The predicted molar refractivity (Wildman–Crippen MR) is 78.1 cm³/mol. The van der Waals surface area contributed by atoms with E-state index in [0.717, 1.165) is 15.2 Å². The van der Waals surface area contributed by atoms with Crippen LogP contribution in [-0.2, 0) is 0 Å². The third-order valence-electron chi connectivity index (χ3n) is 2.67. The summed E-state index contributed by atoms with van der Waals surface area (Å²) >= 11 is 7.61. The molecule has 0 aliphatic carbocycles. The molecule has 2 nitrogen and oxygen atoms in total. The Bertz CT molecular complexity index is 795. The van der Waals surface area contributed by atoms with E-state index in [9.17, 15) is 4.79 Å². The first-order chi connectivity index (χ1) is 9.24. The van der Waals surface area contributed by atoms with Crippen LogP contribution in [0.2, 0.25) is 5.02 Å². The molecule has 3 aromatic rings. The minimum absolute atomic E-state index is 0.353. The number of benzene rings is 2. The van der Waals surface area contributed by atoms with Crippen LogP contribution in [0.25, 0.3) is 11.0 Å². The molecule has 1 heterocycles. The molecule has 94 valence electrons. The Balaban J connectivity index is 2.15. The van der Waals surface area contributed by atoms with Gasteiger partial charge in [0.05, 0.1) is 5.02 Å². The van der Waals surface area contributed by atoms with Crippen molar-refractivity contribution in [1.29, 1.82) is 0 Å². The molecule has 0 aliphatic heterocycles. The van der Waals surface area contributed by atoms with E-state index in [4.69, 9.17) is 16.0 Å². The topological polar surface area (TPSA) is 30.2 Å². The molecule has 19 heavy (non-hydrogen) atoms. The minimum Gasteiger partial charge on any atom is -0.423 e. The second kappa shape index (κ2) is 5.11. The fraction of sp³-hybridized carbons (Fsp3) is 0. The Kier molecular flexibility index (Phi) is 3.32. The van der Waals surface area contributed by atoms with Crippen LogP contribution in [0.5, 0.6) is 0 Å². The Labute approximate surface area is 119 Å². The van der Waals surface area contributed by atoms with Crippen LogP contribution < -0.4 is 5.63 Å². The Morgan fingerprint density at radius 3 is 2.53 bits per heavy atom. The smallest absolute Gasteiger partial charge is 0.337 e. The first-order valence-corrected chi connectivity index (χ1v) is 6.89. The van der Waals surface area contributed by atoms with Crippen LogP contribution in [0.15, 0.2) is 73.6 Å². The Morgan fingerprint density at radius 1 is 0.947 bits per heavy atom. The molecule has 0 saturated carbocycles. The van der Waals surface area contributed by atoms with E-state index < -0.39 is 0 Å². The van der Waals surface area contributed by atoms with E-state index in [1.165, 1.54) is 17.8 Å². The van der Waals surface area contributed by atoms with Gasteiger partial charge in [-0.3, -0.25) is 0 Å². The summed E-state index contributed by atoms with van der Waals surface area (Å²) in [7, 11) is 0. The first-order valence-electron chi connectivity index (χ1n) is 5.69. The van der Waals surface area contributed by atoms with Crippen molar-refractivity contribution in [2.75, 3.05) is 0 Å². The average molecular weight is 289 g/mol. The number of para-hydroxylation sites is 1. The largest absolute Gasteiger partial charge is 0.423 e. The van der Waals surface area contributed by atoms with Crippen molar-refractivity contribution in [3.8, 4) is 0 Å². The zero-order chi connectivity index (χ0) is 13.2. The highest BCUT2D eigenvalue weighted by molar-refractivity contribution is 7.99. The monoisotopic (exact) mass is 288 g/mol. The quantitative estimate of drug-likeness (QED) is 0.646. The van der Waals surface area contributed by atoms with Crippen molar-refractivity contribution in [3.63, 3.8) is 0 Å². The lowest BCUT2D eigenvalue weighted by molar-refractivity contribution is 0.557. The number of fused-ring (bicyclic) bond motifs is 1. The molecule has 0 saturated heterocycles. The van der Waals surface area contributed by atoms with Crippen LogP contribution in [0.4, 0.5) is 0 Å². The summed E-state index contributed by atoms with van der Waals surface area (Å²) in [5.41, 5.74) is 0.234. The normalized spacial score (nSPS) is 10.8. The van der Waals surface area contributed by atoms with Gasteiger partial charge in [-0.2, -0.15) is 0 Å². The van der Waals surface area contributed by atoms with Gasteiger partial charge in [0.15, 0.2) is 0 Å². The standard InChI is InChI=1S/C15H9ClO2S/c16-11-6-2-4-8-13(11)19-14-9-15(17)18-12-7-3-1-5-10(12)14/h1-9H. The maximum atomic E-state index is 11.6. The zero-order valence-corrected chi connectivity index (χ0v) is 11.4. The SMILES string of the molecule is O=c1cc(Sc2ccccc2Cl)c2ccccc2o1. The van der Waals surface area contributed by atoms with Gasteiger partial charge in [-0.1, -0.05) is 53.7 Å². The van der Waals surface area contributed by atoms with Crippen LogP contribution in [-0.4, -0.2) is 0 Å². The molecule has 1 aromatic heterocycles.